The second-order valence-electron chi connectivity index (χ2n) is 6.11. The molecule has 4 rings (SSSR count). The van der Waals surface area contributed by atoms with E-state index in [0.29, 0.717) is 22.4 Å². The highest BCUT2D eigenvalue weighted by atomic mass is 19.1. The highest BCUT2D eigenvalue weighted by molar-refractivity contribution is 6.09. The number of aliphatic hydroxyl groups is 1. The van der Waals surface area contributed by atoms with E-state index in [1.54, 1.807) is 54.6 Å². The third-order valence-electron chi connectivity index (χ3n) is 4.56. The number of carbonyl (C=O) groups excluding carboxylic acids is 1. The van der Waals surface area contributed by atoms with E-state index < -0.39 is 11.5 Å². The standard InChI is InChI=1S/C21H16FNO2/c22-17-10-6-7-15(13-17)14-23-19-12-5-4-11-18(19)21(25,20(23)24)16-8-2-1-3-9-16/h1-13,25H,14H2/t21-/m0/s1. The molecule has 25 heavy (non-hydrogen) atoms. The van der Waals surface area contributed by atoms with Gasteiger partial charge >= 0.3 is 0 Å². The maximum Gasteiger partial charge on any atom is 0.268 e. The van der Waals surface area contributed by atoms with Crippen LogP contribution >= 0.6 is 0 Å². The molecule has 1 aliphatic rings. The lowest BCUT2D eigenvalue weighted by molar-refractivity contribution is -0.132. The number of anilines is 1. The lowest BCUT2D eigenvalue weighted by Crippen LogP contribution is -2.40. The minimum atomic E-state index is -1.73. The normalized spacial score (nSPS) is 19.1. The van der Waals surface area contributed by atoms with Crippen LogP contribution < -0.4 is 4.90 Å². The van der Waals surface area contributed by atoms with Crippen molar-refractivity contribution in [2.45, 2.75) is 12.1 Å². The summed E-state index contributed by atoms with van der Waals surface area (Å²) in [7, 11) is 0. The molecule has 1 N–H and O–H groups in total. The number of hydrogen-bond donors (Lipinski definition) is 1. The van der Waals surface area contributed by atoms with E-state index >= 15 is 0 Å². The van der Waals surface area contributed by atoms with Crippen molar-refractivity contribution in [3.05, 3.63) is 101 Å². The molecule has 3 aromatic carbocycles. The summed E-state index contributed by atoms with van der Waals surface area (Å²) < 4.78 is 13.5. The molecular formula is C21H16FNO2. The zero-order valence-corrected chi connectivity index (χ0v) is 13.4. The molecule has 1 amide bonds. The van der Waals surface area contributed by atoms with Crippen molar-refractivity contribution < 1.29 is 14.3 Å². The first-order valence-electron chi connectivity index (χ1n) is 8.04. The predicted molar refractivity (Wildman–Crippen MR) is 93.5 cm³/mol. The second kappa shape index (κ2) is 5.83. The molecule has 0 fully saturated rings. The molecule has 1 aliphatic heterocycles. The Hall–Kier alpha value is -2.98. The molecular weight excluding hydrogens is 317 g/mol. The minimum absolute atomic E-state index is 0.197. The second-order valence-corrected chi connectivity index (χ2v) is 6.11. The molecule has 0 saturated heterocycles. The van der Waals surface area contributed by atoms with Crippen molar-refractivity contribution in [2.24, 2.45) is 0 Å². The van der Waals surface area contributed by atoms with Gasteiger partial charge in [-0.3, -0.25) is 4.79 Å². The fourth-order valence-electron chi connectivity index (χ4n) is 3.37. The van der Waals surface area contributed by atoms with E-state index in [2.05, 4.69) is 0 Å². The number of para-hydroxylation sites is 1. The van der Waals surface area contributed by atoms with Gasteiger partial charge in [-0.05, 0) is 29.3 Å². The van der Waals surface area contributed by atoms with Crippen LogP contribution in [0.2, 0.25) is 0 Å². The molecule has 1 atom stereocenters. The van der Waals surface area contributed by atoms with Gasteiger partial charge in [0.2, 0.25) is 0 Å². The third-order valence-corrected chi connectivity index (χ3v) is 4.56. The first-order chi connectivity index (χ1) is 12.1. The predicted octanol–water partition coefficient (Wildman–Crippen LogP) is 3.61. The van der Waals surface area contributed by atoms with Gasteiger partial charge in [0.05, 0.1) is 12.2 Å². The molecule has 0 bridgehead atoms. The molecule has 0 unspecified atom stereocenters. The number of fused-ring (bicyclic) bond motifs is 1. The fraction of sp³-hybridized carbons (Fsp3) is 0.0952. The molecule has 3 aromatic rings. The quantitative estimate of drug-likeness (QED) is 0.795. The molecule has 0 saturated carbocycles. The Morgan fingerprint density at radius 3 is 2.40 bits per heavy atom. The van der Waals surface area contributed by atoms with Crippen LogP contribution in [0.3, 0.4) is 0 Å². The molecule has 124 valence electrons. The summed E-state index contributed by atoms with van der Waals surface area (Å²) in [5, 5.41) is 11.3. The first-order valence-corrected chi connectivity index (χ1v) is 8.04. The van der Waals surface area contributed by atoms with Gasteiger partial charge in [-0.2, -0.15) is 0 Å². The summed E-state index contributed by atoms with van der Waals surface area (Å²) in [4.78, 5) is 14.7. The number of hydrogen-bond acceptors (Lipinski definition) is 2. The van der Waals surface area contributed by atoms with Crippen LogP contribution in [0.1, 0.15) is 16.7 Å². The number of benzene rings is 3. The molecule has 0 spiro atoms. The van der Waals surface area contributed by atoms with Crippen LogP contribution in [-0.4, -0.2) is 11.0 Å². The van der Waals surface area contributed by atoms with E-state index in [4.69, 9.17) is 0 Å². The zero-order chi connectivity index (χ0) is 17.4. The summed E-state index contributed by atoms with van der Waals surface area (Å²) in [6.45, 7) is 0.197. The SMILES string of the molecule is O=C1N(Cc2cccc(F)c2)c2ccccc2[C@@]1(O)c1ccccc1. The van der Waals surface area contributed by atoms with Crippen molar-refractivity contribution in [1.82, 2.24) is 0 Å². The van der Waals surface area contributed by atoms with Crippen molar-refractivity contribution in [1.29, 1.82) is 0 Å². The summed E-state index contributed by atoms with van der Waals surface area (Å²) in [5.41, 5.74) is 0.644. The number of amides is 1. The average molecular weight is 333 g/mol. The number of carbonyl (C=O) groups is 1. The van der Waals surface area contributed by atoms with E-state index in [9.17, 15) is 14.3 Å². The smallest absolute Gasteiger partial charge is 0.268 e. The summed E-state index contributed by atoms with van der Waals surface area (Å²) >= 11 is 0. The number of nitrogens with zero attached hydrogens (tertiary/aromatic N) is 1. The van der Waals surface area contributed by atoms with Gasteiger partial charge < -0.3 is 10.0 Å². The van der Waals surface area contributed by atoms with Gasteiger partial charge in [-0.1, -0.05) is 60.7 Å². The highest BCUT2D eigenvalue weighted by Crippen LogP contribution is 2.44. The van der Waals surface area contributed by atoms with Crippen LogP contribution in [0, 0.1) is 5.82 Å². The van der Waals surface area contributed by atoms with E-state index in [0.717, 1.165) is 0 Å². The maximum absolute atomic E-state index is 13.5. The lowest BCUT2D eigenvalue weighted by Gasteiger charge is -2.23. The van der Waals surface area contributed by atoms with Crippen LogP contribution in [0.15, 0.2) is 78.9 Å². The van der Waals surface area contributed by atoms with Crippen LogP contribution in [0.4, 0.5) is 10.1 Å². The minimum Gasteiger partial charge on any atom is -0.372 e. The Balaban J connectivity index is 1.82. The third kappa shape index (κ3) is 2.42. The highest BCUT2D eigenvalue weighted by Gasteiger charge is 2.50. The van der Waals surface area contributed by atoms with Gasteiger partial charge in [0, 0.05) is 5.56 Å². The summed E-state index contributed by atoms with van der Waals surface area (Å²) in [6, 6.07) is 22.2. The van der Waals surface area contributed by atoms with Gasteiger partial charge in [0.15, 0.2) is 5.60 Å². The lowest BCUT2D eigenvalue weighted by atomic mass is 9.88. The monoisotopic (exact) mass is 333 g/mol. The van der Waals surface area contributed by atoms with Crippen molar-refractivity contribution in [3.63, 3.8) is 0 Å². The summed E-state index contributed by atoms with van der Waals surface area (Å²) in [5.74, 6) is -0.778. The van der Waals surface area contributed by atoms with E-state index in [-0.39, 0.29) is 12.4 Å². The van der Waals surface area contributed by atoms with Gasteiger partial charge in [0.1, 0.15) is 5.82 Å². The average Bonchev–Trinajstić information content (AvgIpc) is 2.86. The molecule has 3 nitrogen and oxygen atoms in total. The molecule has 0 aromatic heterocycles. The van der Waals surface area contributed by atoms with Gasteiger partial charge in [-0.15, -0.1) is 0 Å². The van der Waals surface area contributed by atoms with E-state index in [1.165, 1.54) is 17.0 Å². The van der Waals surface area contributed by atoms with Gasteiger partial charge in [-0.25, -0.2) is 4.39 Å². The maximum atomic E-state index is 13.5. The Labute approximate surface area is 145 Å². The Morgan fingerprint density at radius 1 is 0.920 bits per heavy atom. The Morgan fingerprint density at radius 2 is 1.64 bits per heavy atom. The van der Waals surface area contributed by atoms with E-state index in [1.807, 2.05) is 12.1 Å². The van der Waals surface area contributed by atoms with Crippen LogP contribution in [0.25, 0.3) is 0 Å². The number of halogens is 1. The molecule has 1 heterocycles. The Kier molecular flexibility index (Phi) is 3.62. The summed E-state index contributed by atoms with van der Waals surface area (Å²) in [6.07, 6.45) is 0. The molecule has 0 aliphatic carbocycles. The largest absolute Gasteiger partial charge is 0.372 e. The van der Waals surface area contributed by atoms with Crippen molar-refractivity contribution in [2.75, 3.05) is 4.90 Å². The number of rotatable bonds is 3. The fourth-order valence-corrected chi connectivity index (χ4v) is 3.37. The van der Waals surface area contributed by atoms with Crippen molar-refractivity contribution in [3.8, 4) is 0 Å². The first kappa shape index (κ1) is 15.5. The molecule has 4 heteroatoms. The van der Waals surface area contributed by atoms with Crippen LogP contribution in [0.5, 0.6) is 0 Å². The van der Waals surface area contributed by atoms with Crippen LogP contribution in [-0.2, 0) is 16.9 Å². The topological polar surface area (TPSA) is 40.5 Å². The van der Waals surface area contributed by atoms with Gasteiger partial charge in [0.25, 0.3) is 5.91 Å². The zero-order valence-electron chi connectivity index (χ0n) is 13.4. The van der Waals surface area contributed by atoms with Crippen molar-refractivity contribution >= 4 is 11.6 Å². The molecule has 0 radical (unpaired) electrons. The Bertz CT molecular complexity index is 941.